The maximum Gasteiger partial charge on any atom is 1.00 e. The number of carbonyl (C=O) groups excluding carboxylic acids is 1. The van der Waals surface area contributed by atoms with Crippen molar-refractivity contribution in [3.63, 3.8) is 0 Å². The zero-order chi connectivity index (χ0) is 6.85. The van der Waals surface area contributed by atoms with E-state index < -0.39 is 6.09 Å². The maximum absolute atomic E-state index is 10.6. The topological polar surface area (TPSA) is 57.6 Å². The van der Waals surface area contributed by atoms with Gasteiger partial charge in [-0.1, -0.05) is 0 Å². The number of amides is 2. The number of likely N-dealkylation sites (tertiary alicyclic amines) is 1. The Kier molecular flexibility index (Phi) is 8.49. The van der Waals surface area contributed by atoms with Crippen LogP contribution in [0.5, 0.6) is 0 Å². The first-order chi connectivity index (χ1) is 4.22. The van der Waals surface area contributed by atoms with Crippen molar-refractivity contribution in [2.45, 2.75) is 12.8 Å². The number of carboxylic acid groups (broad SMARTS) is 1. The maximum atomic E-state index is 10.6. The number of carbonyl (C=O) groups is 2. The summed E-state index contributed by atoms with van der Waals surface area (Å²) in [6.07, 6.45) is -0.0743. The second-order valence-electron chi connectivity index (χ2n) is 1.93. The second kappa shape index (κ2) is 6.46. The van der Waals surface area contributed by atoms with E-state index in [0.29, 0.717) is 19.4 Å². The van der Waals surface area contributed by atoms with Crippen molar-refractivity contribution in [3.05, 3.63) is 0 Å². The summed E-state index contributed by atoms with van der Waals surface area (Å²) in [6.45, 7) is 0.369. The van der Waals surface area contributed by atoms with Crippen LogP contribution in [0.4, 0.5) is 4.79 Å². The van der Waals surface area contributed by atoms with Crippen LogP contribution in [0.3, 0.4) is 0 Å². The molecule has 1 saturated heterocycles. The van der Waals surface area contributed by atoms with E-state index in [1.54, 1.807) is 0 Å². The number of imide groups is 1. The summed E-state index contributed by atoms with van der Waals surface area (Å²) < 4.78 is 0. The zero-order valence-corrected chi connectivity index (χ0v) is 10.8. The molecule has 0 spiro atoms. The van der Waals surface area contributed by atoms with Crippen molar-refractivity contribution in [3.8, 4) is 0 Å². The predicted molar refractivity (Wildman–Crippen MR) is 31.2 cm³/mol. The van der Waals surface area contributed by atoms with Crippen LogP contribution in [-0.4, -0.2) is 28.6 Å². The minimum Gasteiger partial charge on any atom is -1.00 e. The smallest absolute Gasteiger partial charge is 1.00 e. The Morgan fingerprint density at radius 1 is 1.55 bits per heavy atom. The Labute approximate surface area is 112 Å². The SMILES string of the molecule is O=C(O)N1CCCC1=O.[H-].[H-].[Na+].[Na+]. The van der Waals surface area contributed by atoms with Crippen molar-refractivity contribution in [2.24, 2.45) is 0 Å². The van der Waals surface area contributed by atoms with Crippen molar-refractivity contribution in [1.82, 2.24) is 4.90 Å². The molecule has 0 unspecified atom stereocenters. The van der Waals surface area contributed by atoms with E-state index >= 15 is 0 Å². The Hall–Kier alpha value is 0.940. The van der Waals surface area contributed by atoms with E-state index in [-0.39, 0.29) is 67.9 Å². The largest absolute Gasteiger partial charge is 1.00 e. The van der Waals surface area contributed by atoms with Crippen LogP contribution in [0, 0.1) is 0 Å². The molecule has 0 aliphatic carbocycles. The first-order valence-corrected chi connectivity index (χ1v) is 2.75. The third-order valence-corrected chi connectivity index (χ3v) is 1.30. The van der Waals surface area contributed by atoms with Gasteiger partial charge in [-0.2, -0.15) is 0 Å². The summed E-state index contributed by atoms with van der Waals surface area (Å²) in [6, 6.07) is 0. The summed E-state index contributed by atoms with van der Waals surface area (Å²) in [5.41, 5.74) is 0. The van der Waals surface area contributed by atoms with Gasteiger partial charge in [0.15, 0.2) is 0 Å². The van der Waals surface area contributed by atoms with Gasteiger partial charge >= 0.3 is 65.2 Å². The van der Waals surface area contributed by atoms with E-state index in [0.717, 1.165) is 4.90 Å². The molecule has 0 radical (unpaired) electrons. The Balaban J connectivity index is -0.000000101. The molecule has 11 heavy (non-hydrogen) atoms. The molecule has 0 atom stereocenters. The van der Waals surface area contributed by atoms with Crippen molar-refractivity contribution in [1.29, 1.82) is 0 Å². The van der Waals surface area contributed by atoms with Crippen molar-refractivity contribution >= 4 is 12.0 Å². The molecule has 0 aromatic rings. The van der Waals surface area contributed by atoms with E-state index in [1.807, 2.05) is 0 Å². The van der Waals surface area contributed by atoms with Crippen LogP contribution in [0.25, 0.3) is 0 Å². The second-order valence-corrected chi connectivity index (χ2v) is 1.93. The van der Waals surface area contributed by atoms with Crippen LogP contribution in [-0.2, 0) is 4.79 Å². The van der Waals surface area contributed by atoms with Gasteiger partial charge in [-0.15, -0.1) is 0 Å². The number of rotatable bonds is 0. The van der Waals surface area contributed by atoms with E-state index in [9.17, 15) is 9.59 Å². The van der Waals surface area contributed by atoms with Gasteiger partial charge < -0.3 is 7.96 Å². The van der Waals surface area contributed by atoms with Gasteiger partial charge in [0, 0.05) is 13.0 Å². The fourth-order valence-electron chi connectivity index (χ4n) is 0.850. The summed E-state index contributed by atoms with van der Waals surface area (Å²) in [4.78, 5) is 21.5. The molecule has 1 aliphatic rings. The normalized spacial score (nSPS) is 15.3. The predicted octanol–water partition coefficient (Wildman–Crippen LogP) is -5.48. The van der Waals surface area contributed by atoms with Crippen molar-refractivity contribution < 1.29 is 76.7 Å². The van der Waals surface area contributed by atoms with Gasteiger partial charge in [0.05, 0.1) is 0 Å². The van der Waals surface area contributed by atoms with Gasteiger partial charge in [0.25, 0.3) is 0 Å². The molecular formula is C5H9NNa2O3. The molecule has 1 aliphatic heterocycles. The molecule has 0 aromatic heterocycles. The molecular weight excluding hydrogens is 168 g/mol. The molecule has 1 rings (SSSR count). The van der Waals surface area contributed by atoms with Gasteiger partial charge in [0.1, 0.15) is 0 Å². The first kappa shape index (κ1) is 14.5. The van der Waals surface area contributed by atoms with Crippen LogP contribution in [0.2, 0.25) is 0 Å². The molecule has 0 saturated carbocycles. The Morgan fingerprint density at radius 3 is 2.27 bits per heavy atom. The number of nitrogens with zero attached hydrogens (tertiary/aromatic N) is 1. The molecule has 1 fully saturated rings. The molecule has 0 aromatic carbocycles. The van der Waals surface area contributed by atoms with Crippen LogP contribution >= 0.6 is 0 Å². The first-order valence-electron chi connectivity index (χ1n) is 2.75. The zero-order valence-electron chi connectivity index (χ0n) is 8.83. The molecule has 54 valence electrons. The van der Waals surface area contributed by atoms with Gasteiger partial charge in [-0.3, -0.25) is 4.79 Å². The molecule has 1 heterocycles. The fraction of sp³-hybridized carbons (Fsp3) is 0.600. The summed E-state index contributed by atoms with van der Waals surface area (Å²) >= 11 is 0. The van der Waals surface area contributed by atoms with Crippen LogP contribution < -0.4 is 59.1 Å². The fourth-order valence-corrected chi connectivity index (χ4v) is 0.850. The number of hydrogen-bond donors (Lipinski definition) is 1. The third kappa shape index (κ3) is 3.92. The Morgan fingerprint density at radius 2 is 2.09 bits per heavy atom. The minimum atomic E-state index is -1.13. The van der Waals surface area contributed by atoms with Gasteiger partial charge in [-0.25, -0.2) is 9.69 Å². The van der Waals surface area contributed by atoms with E-state index in [2.05, 4.69) is 0 Å². The average Bonchev–Trinajstić information content (AvgIpc) is 2.13. The van der Waals surface area contributed by atoms with E-state index in [1.165, 1.54) is 0 Å². The quantitative estimate of drug-likeness (QED) is 0.375. The summed E-state index contributed by atoms with van der Waals surface area (Å²) in [7, 11) is 0. The third-order valence-electron chi connectivity index (χ3n) is 1.30. The van der Waals surface area contributed by atoms with Crippen molar-refractivity contribution in [2.75, 3.05) is 6.54 Å². The molecule has 0 bridgehead atoms. The molecule has 2 amide bonds. The van der Waals surface area contributed by atoms with Gasteiger partial charge in [-0.05, 0) is 6.42 Å². The van der Waals surface area contributed by atoms with Crippen LogP contribution in [0.15, 0.2) is 0 Å². The summed E-state index contributed by atoms with van der Waals surface area (Å²) in [5, 5.41) is 8.29. The standard InChI is InChI=1S/C5H7NO3.2Na.2H/c7-4-2-1-3-6(4)5(8)9;;;;/h1-3H2,(H,8,9);;;;/q;2*+1;2*-1. The van der Waals surface area contributed by atoms with Gasteiger partial charge in [0.2, 0.25) is 5.91 Å². The van der Waals surface area contributed by atoms with E-state index in [4.69, 9.17) is 5.11 Å². The minimum absolute atomic E-state index is 0. The van der Waals surface area contributed by atoms with Crippen LogP contribution in [0.1, 0.15) is 15.7 Å². The number of hydrogen-bond acceptors (Lipinski definition) is 2. The monoisotopic (exact) mass is 177 g/mol. The average molecular weight is 177 g/mol. The molecule has 6 heteroatoms. The molecule has 1 N–H and O–H groups in total. The summed E-state index contributed by atoms with van der Waals surface area (Å²) in [5.74, 6) is -0.275. The molecule has 4 nitrogen and oxygen atoms in total. The Bertz CT molecular complexity index is 170.